The first-order valence-electron chi connectivity index (χ1n) is 11.7. The lowest BCUT2D eigenvalue weighted by atomic mass is 10.1. The van der Waals surface area contributed by atoms with Gasteiger partial charge in [-0.05, 0) is 42.3 Å². The maximum Gasteiger partial charge on any atom is 0.326 e. The summed E-state index contributed by atoms with van der Waals surface area (Å²) in [7, 11) is 0. The number of halogens is 2. The summed E-state index contributed by atoms with van der Waals surface area (Å²) in [5.74, 6) is -1.50. The van der Waals surface area contributed by atoms with Gasteiger partial charge in [-0.2, -0.15) is 0 Å². The third-order valence-electron chi connectivity index (χ3n) is 5.84. The Balaban J connectivity index is 1.41. The normalized spacial score (nSPS) is 11.6. The number of anilines is 1. The van der Waals surface area contributed by atoms with Crippen LogP contribution in [0.3, 0.4) is 0 Å². The first-order valence-corrected chi connectivity index (χ1v) is 13.3. The van der Waals surface area contributed by atoms with Crippen LogP contribution in [0.2, 0.25) is 10.0 Å². The number of aliphatic carboxylic acids is 1. The Labute approximate surface area is 229 Å². The minimum Gasteiger partial charge on any atom is -0.480 e. The zero-order chi connectivity index (χ0) is 26.4. The first-order chi connectivity index (χ1) is 17.8. The molecule has 4 rings (SSSR count). The average molecular weight is 554 g/mol. The molecule has 0 aliphatic heterocycles. The van der Waals surface area contributed by atoms with Crippen LogP contribution in [0.5, 0.6) is 0 Å². The summed E-state index contributed by atoms with van der Waals surface area (Å²) in [5, 5.41) is 16.0. The highest BCUT2D eigenvalue weighted by Crippen LogP contribution is 2.32. The summed E-state index contributed by atoms with van der Waals surface area (Å²) in [6.45, 7) is 3.41. The minimum atomic E-state index is -1.07. The second-order valence-corrected chi connectivity index (χ2v) is 10.1. The Morgan fingerprint density at radius 2 is 1.73 bits per heavy atom. The number of nitrogens with one attached hydrogen (secondary N) is 1. The van der Waals surface area contributed by atoms with Crippen LogP contribution in [0.4, 0.5) is 5.13 Å². The van der Waals surface area contributed by atoms with Crippen LogP contribution in [-0.4, -0.2) is 34.6 Å². The molecule has 1 aromatic heterocycles. The molecule has 0 fully saturated rings. The number of carboxylic acid groups (broad SMARTS) is 1. The Morgan fingerprint density at radius 3 is 2.38 bits per heavy atom. The summed E-state index contributed by atoms with van der Waals surface area (Å²) in [4.78, 5) is 31.3. The van der Waals surface area contributed by atoms with E-state index < -0.39 is 17.9 Å². The van der Waals surface area contributed by atoms with E-state index in [9.17, 15) is 14.7 Å². The minimum absolute atomic E-state index is 0.212. The van der Waals surface area contributed by atoms with E-state index in [0.717, 1.165) is 34.1 Å². The lowest BCUT2D eigenvalue weighted by Gasteiger charge is -2.20. The molecule has 190 valence electrons. The molecule has 0 aliphatic rings. The number of carboxylic acids is 1. The average Bonchev–Trinajstić information content (AvgIpc) is 3.39. The van der Waals surface area contributed by atoms with Gasteiger partial charge in [0, 0.05) is 36.0 Å². The van der Waals surface area contributed by atoms with Crippen LogP contribution in [0.25, 0.3) is 11.3 Å². The van der Waals surface area contributed by atoms with Crippen molar-refractivity contribution in [1.29, 1.82) is 0 Å². The molecular formula is C28H25Cl2N3O3S. The van der Waals surface area contributed by atoms with E-state index in [2.05, 4.69) is 17.1 Å². The number of benzene rings is 3. The fourth-order valence-corrected chi connectivity index (χ4v) is 4.98. The molecule has 0 aliphatic carbocycles. The molecule has 0 spiro atoms. The van der Waals surface area contributed by atoms with Crippen LogP contribution < -0.4 is 10.2 Å². The van der Waals surface area contributed by atoms with Crippen molar-refractivity contribution in [3.63, 3.8) is 0 Å². The molecular weight excluding hydrogens is 529 g/mol. The molecule has 6 nitrogen and oxygen atoms in total. The smallest absolute Gasteiger partial charge is 0.326 e. The van der Waals surface area contributed by atoms with Crippen LogP contribution >= 0.6 is 34.5 Å². The van der Waals surface area contributed by atoms with Crippen molar-refractivity contribution in [3.05, 3.63) is 105 Å². The Kier molecular flexibility index (Phi) is 8.82. The standard InChI is InChI=1S/C28H25Cl2N3O3S/c1-2-33(28-32-25(17-37-28)21-12-13-22(29)23(30)15-21)16-19-8-10-20(11-9-19)26(34)31-24(27(35)36)14-18-6-4-3-5-7-18/h3-13,15,17,24H,2,14,16H2,1H3,(H,31,34)(H,35,36). The van der Waals surface area contributed by atoms with Crippen molar-refractivity contribution < 1.29 is 14.7 Å². The van der Waals surface area contributed by atoms with Crippen LogP contribution in [0, 0.1) is 0 Å². The molecule has 1 unspecified atom stereocenters. The molecule has 3 aromatic carbocycles. The van der Waals surface area contributed by atoms with Crippen molar-refractivity contribution in [3.8, 4) is 11.3 Å². The maximum atomic E-state index is 12.7. The topological polar surface area (TPSA) is 82.5 Å². The van der Waals surface area contributed by atoms with Crippen LogP contribution in [0.15, 0.2) is 78.2 Å². The largest absolute Gasteiger partial charge is 0.480 e. The number of carbonyl (C=O) groups is 2. The highest BCUT2D eigenvalue weighted by molar-refractivity contribution is 7.14. The van der Waals surface area contributed by atoms with E-state index >= 15 is 0 Å². The lowest BCUT2D eigenvalue weighted by Crippen LogP contribution is -2.42. The quantitative estimate of drug-likeness (QED) is 0.232. The fraction of sp³-hybridized carbons (Fsp3) is 0.179. The molecule has 0 bridgehead atoms. The van der Waals surface area contributed by atoms with Crippen LogP contribution in [-0.2, 0) is 17.8 Å². The summed E-state index contributed by atoms with van der Waals surface area (Å²) < 4.78 is 0. The van der Waals surface area contributed by atoms with Gasteiger partial charge in [-0.25, -0.2) is 9.78 Å². The van der Waals surface area contributed by atoms with Crippen molar-refractivity contribution in [2.45, 2.75) is 25.9 Å². The Hall–Kier alpha value is -3.39. The van der Waals surface area contributed by atoms with E-state index in [1.165, 1.54) is 0 Å². The van der Waals surface area contributed by atoms with Gasteiger partial charge >= 0.3 is 5.97 Å². The molecule has 0 saturated heterocycles. The van der Waals surface area contributed by atoms with Gasteiger partial charge in [0.25, 0.3) is 5.91 Å². The zero-order valence-electron chi connectivity index (χ0n) is 20.0. The monoisotopic (exact) mass is 553 g/mol. The van der Waals surface area contributed by atoms with Gasteiger partial charge in [-0.1, -0.05) is 71.7 Å². The van der Waals surface area contributed by atoms with Crippen molar-refractivity contribution in [2.24, 2.45) is 0 Å². The van der Waals surface area contributed by atoms with Gasteiger partial charge in [-0.3, -0.25) is 4.79 Å². The number of carbonyl (C=O) groups excluding carboxylic acids is 1. The molecule has 37 heavy (non-hydrogen) atoms. The van der Waals surface area contributed by atoms with Crippen LogP contribution in [0.1, 0.15) is 28.4 Å². The third-order valence-corrected chi connectivity index (χ3v) is 7.48. The summed E-state index contributed by atoms with van der Waals surface area (Å²) >= 11 is 13.7. The highest BCUT2D eigenvalue weighted by atomic mass is 35.5. The number of hydrogen-bond donors (Lipinski definition) is 2. The number of aromatic nitrogens is 1. The predicted molar refractivity (Wildman–Crippen MR) is 150 cm³/mol. The Bertz CT molecular complexity index is 1380. The van der Waals surface area contributed by atoms with Crippen molar-refractivity contribution >= 4 is 51.5 Å². The van der Waals surface area contributed by atoms with E-state index in [1.807, 2.05) is 53.9 Å². The fourth-order valence-electron chi connectivity index (χ4n) is 3.79. The maximum absolute atomic E-state index is 12.7. The van der Waals surface area contributed by atoms with E-state index in [1.54, 1.807) is 35.6 Å². The predicted octanol–water partition coefficient (Wildman–Crippen LogP) is 6.57. The molecule has 2 N–H and O–H groups in total. The van der Waals surface area contributed by atoms with E-state index in [4.69, 9.17) is 28.2 Å². The summed E-state index contributed by atoms with van der Waals surface area (Å²) in [5.41, 5.74) is 3.98. The van der Waals surface area contributed by atoms with Gasteiger partial charge in [0.15, 0.2) is 5.13 Å². The number of rotatable bonds is 10. The van der Waals surface area contributed by atoms with Gasteiger partial charge in [0.2, 0.25) is 0 Å². The number of nitrogens with zero attached hydrogens (tertiary/aromatic N) is 2. The molecule has 1 amide bonds. The first kappa shape index (κ1) is 26.7. The number of hydrogen-bond acceptors (Lipinski definition) is 5. The highest BCUT2D eigenvalue weighted by Gasteiger charge is 2.21. The van der Waals surface area contributed by atoms with Gasteiger partial charge in [-0.15, -0.1) is 11.3 Å². The molecule has 1 heterocycles. The second-order valence-electron chi connectivity index (χ2n) is 8.41. The lowest BCUT2D eigenvalue weighted by molar-refractivity contribution is -0.139. The Morgan fingerprint density at radius 1 is 1.00 bits per heavy atom. The molecule has 1 atom stereocenters. The molecule has 0 saturated carbocycles. The number of amides is 1. The summed E-state index contributed by atoms with van der Waals surface area (Å²) in [6.07, 6.45) is 0.212. The van der Waals surface area contributed by atoms with Gasteiger partial charge < -0.3 is 15.3 Å². The molecule has 4 aromatic rings. The molecule has 0 radical (unpaired) electrons. The zero-order valence-corrected chi connectivity index (χ0v) is 22.4. The third kappa shape index (κ3) is 6.89. The SMILES string of the molecule is CCN(Cc1ccc(C(=O)NC(Cc2ccccc2)C(=O)O)cc1)c1nc(-c2ccc(Cl)c(Cl)c2)cs1. The second kappa shape index (κ2) is 12.2. The number of thiazole rings is 1. The van der Waals surface area contributed by atoms with Crippen molar-refractivity contribution in [2.75, 3.05) is 11.4 Å². The van der Waals surface area contributed by atoms with Crippen molar-refractivity contribution in [1.82, 2.24) is 10.3 Å². The van der Waals surface area contributed by atoms with Gasteiger partial charge in [0.1, 0.15) is 6.04 Å². The summed E-state index contributed by atoms with van der Waals surface area (Å²) in [6, 6.07) is 20.8. The van der Waals surface area contributed by atoms with E-state index in [0.29, 0.717) is 22.2 Å². The molecule has 9 heteroatoms. The van der Waals surface area contributed by atoms with E-state index in [-0.39, 0.29) is 6.42 Å². The van der Waals surface area contributed by atoms with Gasteiger partial charge in [0.05, 0.1) is 15.7 Å².